The third kappa shape index (κ3) is 5.70. The molecule has 0 saturated heterocycles. The fourth-order valence-electron chi connectivity index (χ4n) is 3.57. The zero-order chi connectivity index (χ0) is 21.4. The Bertz CT molecular complexity index is 792. The predicted molar refractivity (Wildman–Crippen MR) is 121 cm³/mol. The summed E-state index contributed by atoms with van der Waals surface area (Å²) in [4.78, 5) is 0. The van der Waals surface area contributed by atoms with Crippen LogP contribution in [0.15, 0.2) is 70.6 Å². The summed E-state index contributed by atoms with van der Waals surface area (Å²) in [6.45, 7) is 6.78. The Kier molecular flexibility index (Phi) is 8.00. The summed E-state index contributed by atoms with van der Waals surface area (Å²) < 4.78 is 0. The molecule has 2 rings (SSSR count). The minimum atomic E-state index is -0.138. The molecule has 0 saturated carbocycles. The van der Waals surface area contributed by atoms with Crippen LogP contribution in [-0.2, 0) is 0 Å². The van der Waals surface area contributed by atoms with Crippen LogP contribution in [0.5, 0.6) is 0 Å². The van der Waals surface area contributed by atoms with Crippen molar-refractivity contribution in [3.8, 4) is 0 Å². The lowest BCUT2D eigenvalue weighted by atomic mass is 9.94. The van der Waals surface area contributed by atoms with Gasteiger partial charge in [-0.15, -0.1) is 0 Å². The smallest absolute Gasteiger partial charge is 0.117 e. The van der Waals surface area contributed by atoms with Crippen LogP contribution in [0, 0.1) is 11.3 Å². The van der Waals surface area contributed by atoms with E-state index < -0.39 is 0 Å². The van der Waals surface area contributed by atoms with Gasteiger partial charge in [0.2, 0.25) is 0 Å². The molecule has 9 N–H and O–H groups in total. The van der Waals surface area contributed by atoms with Crippen molar-refractivity contribution in [1.82, 2.24) is 21.3 Å². The summed E-state index contributed by atoms with van der Waals surface area (Å²) in [6, 6.07) is 0. The molecule has 0 spiro atoms. The lowest BCUT2D eigenvalue weighted by Crippen LogP contribution is -2.45. The minimum Gasteiger partial charge on any atom is -0.404 e. The topological polar surface area (TPSA) is 124 Å². The van der Waals surface area contributed by atoms with Crippen molar-refractivity contribution >= 4 is 5.71 Å². The number of dihydropyridines is 2. The molecule has 2 heterocycles. The highest BCUT2D eigenvalue weighted by Gasteiger charge is 2.20. The number of nitrogens with two attached hydrogens (primary N) is 2. The van der Waals surface area contributed by atoms with Crippen molar-refractivity contribution in [3.05, 3.63) is 70.6 Å². The number of hydrogen-bond acceptors (Lipinski definition) is 7. The standard InChI is InChI=1S/C22H35N7/c1-5-15(6-2)16(11-23)10-21(25)29-22-8-7-19-20(28-22)9-17(12-27-19)18(13-26-4)14(3)24/h7-11,13,15,22,24,26-29H,5-6,12,23,25H2,1-4H3/b16-11+,18-13+,21-10+,24-14?. The average molecular weight is 398 g/mol. The van der Waals surface area contributed by atoms with Gasteiger partial charge in [0.05, 0.1) is 17.2 Å². The molecule has 1 unspecified atom stereocenters. The van der Waals surface area contributed by atoms with Crippen LogP contribution in [0.1, 0.15) is 33.6 Å². The van der Waals surface area contributed by atoms with Crippen LogP contribution >= 0.6 is 0 Å². The molecule has 0 fully saturated rings. The van der Waals surface area contributed by atoms with E-state index in [9.17, 15) is 0 Å². The van der Waals surface area contributed by atoms with Gasteiger partial charge in [0.1, 0.15) is 6.17 Å². The van der Waals surface area contributed by atoms with Crippen LogP contribution < -0.4 is 32.7 Å². The van der Waals surface area contributed by atoms with E-state index in [0.717, 1.165) is 41.0 Å². The van der Waals surface area contributed by atoms with E-state index in [1.165, 1.54) is 0 Å². The molecule has 0 amide bonds. The maximum atomic E-state index is 8.03. The molecule has 2 aliphatic heterocycles. The molecule has 2 aliphatic rings. The molecule has 0 bridgehead atoms. The number of hydrogen-bond donors (Lipinski definition) is 7. The van der Waals surface area contributed by atoms with Crippen molar-refractivity contribution in [2.75, 3.05) is 13.6 Å². The largest absolute Gasteiger partial charge is 0.404 e. The molecule has 1 atom stereocenters. The SMILES string of the molecule is CCC(CC)C(=C/N)/C=C(\N)NC1C=CC2=C(C=C(/C(=C/NC)C(C)=N)CN2)N1. The molecular formula is C22H35N7. The van der Waals surface area contributed by atoms with Gasteiger partial charge in [0.25, 0.3) is 0 Å². The highest BCUT2D eigenvalue weighted by atomic mass is 15.2. The van der Waals surface area contributed by atoms with Crippen molar-refractivity contribution in [2.45, 2.75) is 39.8 Å². The highest BCUT2D eigenvalue weighted by molar-refractivity contribution is 6.00. The lowest BCUT2D eigenvalue weighted by molar-refractivity contribution is 0.564. The second kappa shape index (κ2) is 10.5. The van der Waals surface area contributed by atoms with Crippen molar-refractivity contribution in [2.24, 2.45) is 17.4 Å². The van der Waals surface area contributed by atoms with Gasteiger partial charge in [-0.1, -0.05) is 13.8 Å². The van der Waals surface area contributed by atoms with E-state index >= 15 is 0 Å². The maximum absolute atomic E-state index is 8.03. The summed E-state index contributed by atoms with van der Waals surface area (Å²) in [6.07, 6.45) is 13.5. The summed E-state index contributed by atoms with van der Waals surface area (Å²) >= 11 is 0. The first-order chi connectivity index (χ1) is 13.9. The summed E-state index contributed by atoms with van der Waals surface area (Å²) in [5.41, 5.74) is 17.6. The first kappa shape index (κ1) is 22.2. The summed E-state index contributed by atoms with van der Waals surface area (Å²) in [5, 5.41) is 21.2. The molecule has 0 radical (unpaired) electrons. The first-order valence-electron chi connectivity index (χ1n) is 10.2. The molecule has 0 aromatic heterocycles. The lowest BCUT2D eigenvalue weighted by Gasteiger charge is -2.30. The Morgan fingerprint density at radius 3 is 2.66 bits per heavy atom. The zero-order valence-corrected chi connectivity index (χ0v) is 17.9. The molecule has 7 heteroatoms. The van der Waals surface area contributed by atoms with E-state index in [1.54, 1.807) is 13.1 Å². The monoisotopic (exact) mass is 397 g/mol. The van der Waals surface area contributed by atoms with Gasteiger partial charge in [-0.2, -0.15) is 0 Å². The van der Waals surface area contributed by atoms with E-state index in [1.807, 2.05) is 31.5 Å². The van der Waals surface area contributed by atoms with Crippen LogP contribution in [0.25, 0.3) is 0 Å². The third-order valence-corrected chi connectivity index (χ3v) is 5.18. The van der Waals surface area contributed by atoms with Crippen LogP contribution in [0.4, 0.5) is 0 Å². The first-order valence-corrected chi connectivity index (χ1v) is 10.2. The van der Waals surface area contributed by atoms with Gasteiger partial charge in [-0.05, 0) is 67.3 Å². The van der Waals surface area contributed by atoms with Crippen LogP contribution in [0.2, 0.25) is 0 Å². The van der Waals surface area contributed by atoms with E-state index in [4.69, 9.17) is 16.9 Å². The molecule has 0 aliphatic carbocycles. The number of nitrogens with one attached hydrogen (secondary N) is 5. The third-order valence-electron chi connectivity index (χ3n) is 5.18. The van der Waals surface area contributed by atoms with Gasteiger partial charge in [-0.3, -0.25) is 0 Å². The summed E-state index contributed by atoms with van der Waals surface area (Å²) in [7, 11) is 1.84. The van der Waals surface area contributed by atoms with Crippen molar-refractivity contribution in [3.63, 3.8) is 0 Å². The Labute approximate surface area is 174 Å². The highest BCUT2D eigenvalue weighted by Crippen LogP contribution is 2.22. The summed E-state index contributed by atoms with van der Waals surface area (Å²) in [5.74, 6) is 0.971. The Morgan fingerprint density at radius 2 is 2.07 bits per heavy atom. The average Bonchev–Trinajstić information content (AvgIpc) is 2.71. The second-order valence-corrected chi connectivity index (χ2v) is 7.23. The van der Waals surface area contributed by atoms with E-state index in [2.05, 4.69) is 41.2 Å². The van der Waals surface area contributed by atoms with Crippen molar-refractivity contribution < 1.29 is 0 Å². The number of rotatable bonds is 9. The molecule has 29 heavy (non-hydrogen) atoms. The predicted octanol–water partition coefficient (Wildman–Crippen LogP) is 2.02. The molecule has 0 aromatic rings. The van der Waals surface area contributed by atoms with Gasteiger partial charge in [-0.25, -0.2) is 0 Å². The zero-order valence-electron chi connectivity index (χ0n) is 17.9. The quantitative estimate of drug-likeness (QED) is 0.236. The Balaban J connectivity index is 2.13. The molecule has 158 valence electrons. The van der Waals surface area contributed by atoms with E-state index in [0.29, 0.717) is 24.0 Å². The van der Waals surface area contributed by atoms with Crippen LogP contribution in [-0.4, -0.2) is 25.5 Å². The van der Waals surface area contributed by atoms with E-state index in [-0.39, 0.29) is 6.17 Å². The maximum Gasteiger partial charge on any atom is 0.117 e. The minimum absolute atomic E-state index is 0.138. The fourth-order valence-corrected chi connectivity index (χ4v) is 3.57. The molecule has 0 aromatic carbocycles. The number of allylic oxidation sites excluding steroid dienone is 4. The molecular weight excluding hydrogens is 362 g/mol. The van der Waals surface area contributed by atoms with Crippen LogP contribution in [0.3, 0.4) is 0 Å². The van der Waals surface area contributed by atoms with Gasteiger partial charge in [0, 0.05) is 31.1 Å². The normalized spacial score (nSPS) is 20.0. The van der Waals surface area contributed by atoms with Gasteiger partial charge in [0.15, 0.2) is 0 Å². The second-order valence-electron chi connectivity index (χ2n) is 7.23. The van der Waals surface area contributed by atoms with Gasteiger partial charge >= 0.3 is 0 Å². The Morgan fingerprint density at radius 1 is 1.34 bits per heavy atom. The van der Waals surface area contributed by atoms with Crippen molar-refractivity contribution in [1.29, 1.82) is 5.41 Å². The Hall–Kier alpha value is -3.09. The fraction of sp³-hybridized carbons (Fsp3) is 0.409. The molecule has 7 nitrogen and oxygen atoms in total. The van der Waals surface area contributed by atoms with Gasteiger partial charge < -0.3 is 38.1 Å².